The monoisotopic (exact) mass is 364 g/mol. The topological polar surface area (TPSA) is 80.5 Å². The fraction of sp³-hybridized carbons (Fsp3) is 0.632. The van der Waals surface area contributed by atoms with E-state index in [0.29, 0.717) is 23.9 Å². The summed E-state index contributed by atoms with van der Waals surface area (Å²) in [5, 5.41) is 0. The highest BCUT2D eigenvalue weighted by Gasteiger charge is 2.29. The number of sulfone groups is 1. The van der Waals surface area contributed by atoms with Gasteiger partial charge >= 0.3 is 0 Å². The van der Waals surface area contributed by atoms with E-state index in [0.717, 1.165) is 37.7 Å². The Morgan fingerprint density at radius 1 is 1.28 bits per heavy atom. The Bertz CT molecular complexity index is 745. The van der Waals surface area contributed by atoms with Gasteiger partial charge in [0.15, 0.2) is 9.84 Å². The van der Waals surface area contributed by atoms with E-state index in [9.17, 15) is 13.2 Å². The minimum atomic E-state index is -3.43. The second-order valence-corrected chi connectivity index (χ2v) is 9.57. The van der Waals surface area contributed by atoms with Gasteiger partial charge < -0.3 is 10.6 Å². The van der Waals surface area contributed by atoms with Crippen molar-refractivity contribution in [3.05, 3.63) is 29.3 Å². The fourth-order valence-corrected chi connectivity index (χ4v) is 5.30. The molecule has 1 saturated heterocycles. The molecule has 2 aliphatic rings. The van der Waals surface area contributed by atoms with Gasteiger partial charge in [0.2, 0.25) is 5.91 Å². The summed E-state index contributed by atoms with van der Waals surface area (Å²) in [6.07, 6.45) is 4.96. The number of rotatable bonds is 5. The molecule has 1 amide bonds. The van der Waals surface area contributed by atoms with Gasteiger partial charge in [-0.1, -0.05) is 13.0 Å². The summed E-state index contributed by atoms with van der Waals surface area (Å²) >= 11 is 0. The Balaban J connectivity index is 1.64. The molecule has 1 aliphatic carbocycles. The van der Waals surface area contributed by atoms with Gasteiger partial charge in [0.05, 0.1) is 10.6 Å². The van der Waals surface area contributed by atoms with Gasteiger partial charge in [0.25, 0.3) is 0 Å². The first-order valence-corrected chi connectivity index (χ1v) is 10.9. The zero-order valence-electron chi connectivity index (χ0n) is 14.9. The maximum absolute atomic E-state index is 12.6. The Hall–Kier alpha value is -1.40. The third-order valence-electron chi connectivity index (χ3n) is 5.58. The minimum absolute atomic E-state index is 0.0320. The number of benzene rings is 1. The van der Waals surface area contributed by atoms with E-state index < -0.39 is 9.84 Å². The third kappa shape index (κ3) is 4.06. The lowest BCUT2D eigenvalue weighted by atomic mass is 9.92. The van der Waals surface area contributed by atoms with Crippen LogP contribution in [-0.2, 0) is 27.5 Å². The fourth-order valence-electron chi connectivity index (χ4n) is 4.03. The van der Waals surface area contributed by atoms with Gasteiger partial charge in [0.1, 0.15) is 0 Å². The number of fused-ring (bicyclic) bond motifs is 1. The predicted octanol–water partition coefficient (Wildman–Crippen LogP) is 1.92. The van der Waals surface area contributed by atoms with Crippen LogP contribution in [0.1, 0.15) is 43.7 Å². The summed E-state index contributed by atoms with van der Waals surface area (Å²) in [6, 6.07) is 5.45. The molecule has 1 aromatic rings. The lowest BCUT2D eigenvalue weighted by Gasteiger charge is -2.38. The first kappa shape index (κ1) is 18.4. The number of amides is 1. The molecule has 6 heteroatoms. The smallest absolute Gasteiger partial charge is 0.223 e. The van der Waals surface area contributed by atoms with Gasteiger partial charge in [0, 0.05) is 25.6 Å². The van der Waals surface area contributed by atoms with E-state index in [1.165, 1.54) is 5.56 Å². The summed E-state index contributed by atoms with van der Waals surface area (Å²) in [5.74, 6) is 0.341. The van der Waals surface area contributed by atoms with Crippen LogP contribution in [0, 0.1) is 5.92 Å². The van der Waals surface area contributed by atoms with Crippen molar-refractivity contribution in [2.75, 3.05) is 18.8 Å². The van der Waals surface area contributed by atoms with E-state index in [4.69, 9.17) is 5.73 Å². The zero-order valence-corrected chi connectivity index (χ0v) is 15.7. The second kappa shape index (κ2) is 7.46. The van der Waals surface area contributed by atoms with Crippen molar-refractivity contribution in [3.63, 3.8) is 0 Å². The Kier molecular flexibility index (Phi) is 5.49. The van der Waals surface area contributed by atoms with E-state index in [1.807, 2.05) is 6.07 Å². The molecule has 138 valence electrons. The first-order chi connectivity index (χ1) is 11.9. The highest BCUT2D eigenvalue weighted by atomic mass is 32.2. The summed E-state index contributed by atoms with van der Waals surface area (Å²) in [4.78, 5) is 14.7. The highest BCUT2D eigenvalue weighted by molar-refractivity contribution is 7.91. The number of piperidine rings is 1. The Morgan fingerprint density at radius 2 is 2.04 bits per heavy atom. The molecular weight excluding hydrogens is 336 g/mol. The van der Waals surface area contributed by atoms with Crippen LogP contribution < -0.4 is 5.73 Å². The average molecular weight is 365 g/mol. The van der Waals surface area contributed by atoms with Crippen molar-refractivity contribution >= 4 is 15.7 Å². The number of nitrogens with two attached hydrogens (primary N) is 1. The molecule has 2 unspecified atom stereocenters. The van der Waals surface area contributed by atoms with Crippen molar-refractivity contribution in [3.8, 4) is 0 Å². The van der Waals surface area contributed by atoms with Crippen LogP contribution in [-0.4, -0.2) is 44.1 Å². The van der Waals surface area contributed by atoms with E-state index in [-0.39, 0.29) is 24.1 Å². The van der Waals surface area contributed by atoms with Crippen LogP contribution in [0.5, 0.6) is 0 Å². The van der Waals surface area contributed by atoms with Crippen molar-refractivity contribution in [1.29, 1.82) is 0 Å². The lowest BCUT2D eigenvalue weighted by molar-refractivity contribution is -0.134. The molecule has 0 saturated carbocycles. The van der Waals surface area contributed by atoms with Crippen molar-refractivity contribution in [2.45, 2.75) is 56.4 Å². The molecule has 3 rings (SSSR count). The molecule has 2 N–H and O–H groups in total. The van der Waals surface area contributed by atoms with E-state index in [1.54, 1.807) is 17.0 Å². The standard InChI is InChI=1S/C19H28N2O3S/c1-14-7-9-21(17(11-14)13-20)19(22)8-10-25(23,24)18-6-5-15-3-2-4-16(15)12-18/h5-6,12,14,17H,2-4,7-11,13,20H2,1H3. The predicted molar refractivity (Wildman–Crippen MR) is 98.1 cm³/mol. The number of likely N-dealkylation sites (tertiary alicyclic amines) is 1. The molecule has 0 spiro atoms. The quantitative estimate of drug-likeness (QED) is 0.866. The summed E-state index contributed by atoms with van der Waals surface area (Å²) in [5.41, 5.74) is 8.20. The summed E-state index contributed by atoms with van der Waals surface area (Å²) < 4.78 is 25.3. The molecule has 0 bridgehead atoms. The molecule has 1 aromatic carbocycles. The van der Waals surface area contributed by atoms with Gasteiger partial charge in [-0.25, -0.2) is 8.42 Å². The van der Waals surface area contributed by atoms with Crippen molar-refractivity contribution < 1.29 is 13.2 Å². The molecule has 2 atom stereocenters. The van der Waals surface area contributed by atoms with Gasteiger partial charge in [-0.2, -0.15) is 0 Å². The van der Waals surface area contributed by atoms with Crippen molar-refractivity contribution in [1.82, 2.24) is 4.90 Å². The Morgan fingerprint density at radius 3 is 2.80 bits per heavy atom. The number of carbonyl (C=O) groups excluding carboxylic acids is 1. The zero-order chi connectivity index (χ0) is 18.0. The Labute approximate surface area is 150 Å². The molecule has 1 fully saturated rings. The molecule has 1 aliphatic heterocycles. The molecule has 0 radical (unpaired) electrons. The van der Waals surface area contributed by atoms with E-state index >= 15 is 0 Å². The van der Waals surface area contributed by atoms with E-state index in [2.05, 4.69) is 6.92 Å². The maximum atomic E-state index is 12.6. The highest BCUT2D eigenvalue weighted by Crippen LogP contribution is 2.26. The third-order valence-corrected chi connectivity index (χ3v) is 7.30. The number of carbonyl (C=O) groups is 1. The molecule has 1 heterocycles. The largest absolute Gasteiger partial charge is 0.338 e. The first-order valence-electron chi connectivity index (χ1n) is 9.25. The number of aryl methyl sites for hydroxylation is 2. The average Bonchev–Trinajstić information content (AvgIpc) is 3.07. The van der Waals surface area contributed by atoms with Crippen LogP contribution >= 0.6 is 0 Å². The van der Waals surface area contributed by atoms with Gasteiger partial charge in [-0.15, -0.1) is 0 Å². The summed E-state index contributed by atoms with van der Waals surface area (Å²) in [7, 11) is -3.43. The van der Waals surface area contributed by atoms with Crippen LogP contribution in [0.3, 0.4) is 0 Å². The molecular formula is C19H28N2O3S. The lowest BCUT2D eigenvalue weighted by Crippen LogP contribution is -2.49. The molecule has 5 nitrogen and oxygen atoms in total. The second-order valence-electron chi connectivity index (χ2n) is 7.46. The van der Waals surface area contributed by atoms with Crippen molar-refractivity contribution in [2.24, 2.45) is 11.7 Å². The van der Waals surface area contributed by atoms with Crippen LogP contribution in [0.2, 0.25) is 0 Å². The van der Waals surface area contributed by atoms with Crippen LogP contribution in [0.15, 0.2) is 23.1 Å². The summed E-state index contributed by atoms with van der Waals surface area (Å²) in [6.45, 7) is 3.29. The minimum Gasteiger partial charge on any atom is -0.338 e. The number of nitrogens with zero attached hydrogens (tertiary/aromatic N) is 1. The number of hydrogen-bond donors (Lipinski definition) is 1. The number of hydrogen-bond acceptors (Lipinski definition) is 4. The maximum Gasteiger partial charge on any atom is 0.223 e. The van der Waals surface area contributed by atoms with Gasteiger partial charge in [-0.05, 0) is 61.3 Å². The van der Waals surface area contributed by atoms with Crippen LogP contribution in [0.25, 0.3) is 0 Å². The molecule has 25 heavy (non-hydrogen) atoms. The normalized spacial score (nSPS) is 23.5. The van der Waals surface area contributed by atoms with Gasteiger partial charge in [-0.3, -0.25) is 4.79 Å². The SMILES string of the molecule is CC1CCN(C(=O)CCS(=O)(=O)c2ccc3c(c2)CCC3)C(CN)C1. The van der Waals surface area contributed by atoms with Crippen LogP contribution in [0.4, 0.5) is 0 Å². The molecule has 0 aromatic heterocycles.